The fourth-order valence-electron chi connectivity index (χ4n) is 6.66. The summed E-state index contributed by atoms with van der Waals surface area (Å²) in [6.45, 7) is 10.4. The molecule has 0 saturated carbocycles. The average Bonchev–Trinajstić information content (AvgIpc) is 3.24. The zero-order valence-corrected chi connectivity index (χ0v) is 30.5. The van der Waals surface area contributed by atoms with Crippen LogP contribution in [0.2, 0.25) is 0 Å². The van der Waals surface area contributed by atoms with Gasteiger partial charge in [0.05, 0.1) is 11.4 Å². The molecular weight excluding hydrogens is 653 g/mol. The van der Waals surface area contributed by atoms with Crippen LogP contribution in [0.4, 0.5) is 0 Å². The lowest BCUT2D eigenvalue weighted by atomic mass is 9.90. The van der Waals surface area contributed by atoms with Crippen molar-refractivity contribution < 1.29 is 0 Å². The summed E-state index contributed by atoms with van der Waals surface area (Å²) < 4.78 is 0. The Morgan fingerprint density at radius 3 is 1.41 bits per heavy atom. The van der Waals surface area contributed by atoms with Crippen LogP contribution in [0.1, 0.15) is 35.6 Å². The SMILES string of the molecule is C=C/C(=C/CC(=NC(=C)c1ccccc1)c1cc(C(C)=N)cc(-c2cc(-c3ccccc3)cc(-c3ccccc3)c2)c1)c1ccc(-c2ccccc2)cc1. The summed E-state index contributed by atoms with van der Waals surface area (Å²) in [5.41, 5.74) is 15.9. The molecule has 0 aliphatic rings. The van der Waals surface area contributed by atoms with Crippen molar-refractivity contribution >= 4 is 22.7 Å². The van der Waals surface area contributed by atoms with Gasteiger partial charge in [-0.05, 0) is 116 Å². The van der Waals surface area contributed by atoms with E-state index in [9.17, 15) is 0 Å². The maximum Gasteiger partial charge on any atom is 0.0633 e. The topological polar surface area (TPSA) is 36.2 Å². The van der Waals surface area contributed by atoms with E-state index in [0.29, 0.717) is 17.8 Å². The minimum Gasteiger partial charge on any atom is -0.305 e. The molecule has 2 heteroatoms. The summed E-state index contributed by atoms with van der Waals surface area (Å²) in [6, 6.07) is 63.2. The highest BCUT2D eigenvalue weighted by molar-refractivity contribution is 6.08. The number of hydrogen-bond donors (Lipinski definition) is 1. The summed E-state index contributed by atoms with van der Waals surface area (Å²) in [5.74, 6) is 0. The van der Waals surface area contributed by atoms with E-state index < -0.39 is 0 Å². The van der Waals surface area contributed by atoms with Crippen molar-refractivity contribution in [3.8, 4) is 44.5 Å². The van der Waals surface area contributed by atoms with Crippen LogP contribution in [0.15, 0.2) is 212 Å². The summed E-state index contributed by atoms with van der Waals surface area (Å²) in [6.07, 6.45) is 4.63. The first-order valence-corrected chi connectivity index (χ1v) is 18.2. The Kier molecular flexibility index (Phi) is 10.9. The first kappa shape index (κ1) is 35.5. The molecule has 0 aliphatic heterocycles. The molecule has 0 aromatic heterocycles. The van der Waals surface area contributed by atoms with Gasteiger partial charge in [-0.25, -0.2) is 0 Å². The van der Waals surface area contributed by atoms with Crippen LogP contribution in [-0.2, 0) is 0 Å². The van der Waals surface area contributed by atoms with E-state index in [0.717, 1.165) is 66.9 Å². The number of allylic oxidation sites excluding steroid dienone is 3. The van der Waals surface area contributed by atoms with Gasteiger partial charge < -0.3 is 5.41 Å². The van der Waals surface area contributed by atoms with Gasteiger partial charge in [-0.2, -0.15) is 0 Å². The van der Waals surface area contributed by atoms with Gasteiger partial charge in [0.1, 0.15) is 0 Å². The third kappa shape index (κ3) is 8.41. The van der Waals surface area contributed by atoms with Gasteiger partial charge in [0, 0.05) is 12.1 Å². The molecule has 1 N–H and O–H groups in total. The van der Waals surface area contributed by atoms with Gasteiger partial charge in [0.25, 0.3) is 0 Å². The second-order valence-electron chi connectivity index (χ2n) is 13.3. The van der Waals surface area contributed by atoms with E-state index in [-0.39, 0.29) is 0 Å². The Bertz CT molecular complexity index is 2410. The summed E-state index contributed by atoms with van der Waals surface area (Å²) in [4.78, 5) is 5.21. The third-order valence-corrected chi connectivity index (χ3v) is 9.62. The predicted molar refractivity (Wildman–Crippen MR) is 232 cm³/mol. The number of nitrogens with zero attached hydrogens (tertiary/aromatic N) is 1. The molecule has 7 aromatic carbocycles. The number of rotatable bonds is 12. The molecule has 0 spiro atoms. The van der Waals surface area contributed by atoms with Crippen LogP contribution >= 0.6 is 0 Å². The van der Waals surface area contributed by atoms with Crippen LogP contribution in [0.5, 0.6) is 0 Å². The zero-order valence-electron chi connectivity index (χ0n) is 30.5. The molecule has 260 valence electrons. The van der Waals surface area contributed by atoms with Crippen LogP contribution in [0.25, 0.3) is 55.8 Å². The number of aliphatic imine (C=N–C) groups is 1. The molecule has 7 aromatic rings. The molecule has 0 saturated heterocycles. The zero-order chi connectivity index (χ0) is 37.3. The van der Waals surface area contributed by atoms with E-state index in [1.807, 2.05) is 61.5 Å². The van der Waals surface area contributed by atoms with Crippen LogP contribution in [-0.4, -0.2) is 11.4 Å². The van der Waals surface area contributed by atoms with Crippen molar-refractivity contribution in [2.24, 2.45) is 4.99 Å². The molecule has 0 bridgehead atoms. The van der Waals surface area contributed by atoms with Crippen molar-refractivity contribution in [2.75, 3.05) is 0 Å². The molecule has 54 heavy (non-hydrogen) atoms. The summed E-state index contributed by atoms with van der Waals surface area (Å²) in [7, 11) is 0. The fourth-order valence-corrected chi connectivity index (χ4v) is 6.66. The molecule has 2 nitrogen and oxygen atoms in total. The molecule has 0 fully saturated rings. The number of hydrogen-bond acceptors (Lipinski definition) is 2. The monoisotopic (exact) mass is 694 g/mol. The van der Waals surface area contributed by atoms with Crippen molar-refractivity contribution in [1.82, 2.24) is 0 Å². The van der Waals surface area contributed by atoms with E-state index in [4.69, 9.17) is 10.4 Å². The van der Waals surface area contributed by atoms with E-state index in [1.165, 1.54) is 11.1 Å². The predicted octanol–water partition coefficient (Wildman–Crippen LogP) is 13.9. The molecule has 0 amide bonds. The normalized spacial score (nSPS) is 11.6. The maximum atomic E-state index is 8.77. The van der Waals surface area contributed by atoms with Crippen molar-refractivity contribution in [2.45, 2.75) is 13.3 Å². The van der Waals surface area contributed by atoms with E-state index in [1.54, 1.807) is 0 Å². The molecule has 0 aliphatic carbocycles. The summed E-state index contributed by atoms with van der Waals surface area (Å²) in [5, 5.41) is 8.77. The fraction of sp³-hybridized carbons (Fsp3) is 0.0385. The molecule has 7 rings (SSSR count). The average molecular weight is 695 g/mol. The minimum atomic E-state index is 0.489. The molecule has 0 radical (unpaired) electrons. The Morgan fingerprint density at radius 1 is 0.481 bits per heavy atom. The molecule has 0 unspecified atom stereocenters. The first-order chi connectivity index (χ1) is 26.4. The molecular formula is C52H42N2. The number of nitrogens with one attached hydrogen (secondary N) is 1. The van der Waals surface area contributed by atoms with Crippen molar-refractivity contribution in [3.05, 3.63) is 230 Å². The highest BCUT2D eigenvalue weighted by Gasteiger charge is 2.14. The first-order valence-electron chi connectivity index (χ1n) is 18.2. The van der Waals surface area contributed by atoms with Crippen LogP contribution in [0, 0.1) is 5.41 Å². The van der Waals surface area contributed by atoms with Crippen LogP contribution < -0.4 is 0 Å². The van der Waals surface area contributed by atoms with Gasteiger partial charge in [0.2, 0.25) is 0 Å². The molecule has 0 heterocycles. The largest absolute Gasteiger partial charge is 0.305 e. The second kappa shape index (κ2) is 16.6. The molecule has 0 atom stereocenters. The Labute approximate surface area is 319 Å². The Morgan fingerprint density at radius 2 is 0.907 bits per heavy atom. The van der Waals surface area contributed by atoms with Gasteiger partial charge in [-0.15, -0.1) is 0 Å². The maximum absolute atomic E-state index is 8.77. The van der Waals surface area contributed by atoms with Gasteiger partial charge in [-0.3, -0.25) is 4.99 Å². The van der Waals surface area contributed by atoms with E-state index in [2.05, 4.69) is 153 Å². The number of benzene rings is 7. The minimum absolute atomic E-state index is 0.489. The highest BCUT2D eigenvalue weighted by Crippen LogP contribution is 2.34. The van der Waals surface area contributed by atoms with Gasteiger partial charge >= 0.3 is 0 Å². The second-order valence-corrected chi connectivity index (χ2v) is 13.3. The lowest BCUT2D eigenvalue weighted by Gasteiger charge is -2.15. The van der Waals surface area contributed by atoms with Crippen molar-refractivity contribution in [3.63, 3.8) is 0 Å². The lowest BCUT2D eigenvalue weighted by Crippen LogP contribution is -2.05. The standard InChI is InChI=1S/C52H42N2/c1-4-39(44-25-27-45(28-26-44)41-19-11-6-12-20-41)29-30-52(54-38(3)40-17-9-5-10-18-40)51-32-46(37(2)53)31-49(36-51)50-34-47(42-21-13-7-14-22-42)33-48(35-50)43-23-15-8-16-24-43/h4-29,31-36,53H,1,3,30H2,2H3/b39-29-,53-37?,54-52?. The third-order valence-electron chi connectivity index (χ3n) is 9.62. The van der Waals surface area contributed by atoms with Crippen molar-refractivity contribution in [1.29, 1.82) is 5.41 Å². The highest BCUT2D eigenvalue weighted by atomic mass is 14.8. The Balaban J connectivity index is 1.34. The lowest BCUT2D eigenvalue weighted by molar-refractivity contribution is 1.38. The van der Waals surface area contributed by atoms with Gasteiger partial charge in [0.15, 0.2) is 0 Å². The quantitative estimate of drug-likeness (QED) is 0.0976. The Hall–Kier alpha value is -6.90. The van der Waals surface area contributed by atoms with E-state index >= 15 is 0 Å². The van der Waals surface area contributed by atoms with Gasteiger partial charge in [-0.1, -0.05) is 171 Å². The van der Waals surface area contributed by atoms with Crippen LogP contribution in [0.3, 0.4) is 0 Å². The smallest absolute Gasteiger partial charge is 0.0633 e. The summed E-state index contributed by atoms with van der Waals surface area (Å²) >= 11 is 0.